The molecule has 2 heterocycles. The van der Waals surface area contributed by atoms with Gasteiger partial charge in [0.2, 0.25) is 11.7 Å². The zero-order chi connectivity index (χ0) is 19.7. The number of likely N-dealkylation sites (tertiary alicyclic amines) is 1. The first-order valence-electron chi connectivity index (χ1n) is 8.81. The summed E-state index contributed by atoms with van der Waals surface area (Å²) in [5.41, 5.74) is 1.19. The Morgan fingerprint density at radius 3 is 2.89 bits per heavy atom. The SMILES string of the molecule is COc1cccc(-c2noc(C3CCCN3C(=O)c3ccc(Cl)cc3Cl)n2)c1. The molecular weight excluding hydrogens is 401 g/mol. The molecule has 0 saturated carbocycles. The molecule has 0 radical (unpaired) electrons. The lowest BCUT2D eigenvalue weighted by Crippen LogP contribution is -2.31. The second-order valence-electron chi connectivity index (χ2n) is 6.47. The van der Waals surface area contributed by atoms with Gasteiger partial charge in [0.15, 0.2) is 0 Å². The molecule has 28 heavy (non-hydrogen) atoms. The van der Waals surface area contributed by atoms with Gasteiger partial charge in [0, 0.05) is 17.1 Å². The molecule has 1 unspecified atom stereocenters. The summed E-state index contributed by atoms with van der Waals surface area (Å²) in [6.07, 6.45) is 1.59. The van der Waals surface area contributed by atoms with Crippen molar-refractivity contribution in [2.75, 3.05) is 13.7 Å². The van der Waals surface area contributed by atoms with Gasteiger partial charge in [0.25, 0.3) is 5.91 Å². The van der Waals surface area contributed by atoms with E-state index in [2.05, 4.69) is 10.1 Å². The molecule has 6 nitrogen and oxygen atoms in total. The highest BCUT2D eigenvalue weighted by Gasteiger charge is 2.35. The van der Waals surface area contributed by atoms with Crippen LogP contribution in [0.3, 0.4) is 0 Å². The van der Waals surface area contributed by atoms with E-state index in [-0.39, 0.29) is 11.9 Å². The number of hydrogen-bond donors (Lipinski definition) is 0. The van der Waals surface area contributed by atoms with Crippen molar-refractivity contribution in [3.05, 3.63) is 64.0 Å². The van der Waals surface area contributed by atoms with Crippen LogP contribution < -0.4 is 4.74 Å². The first kappa shape index (κ1) is 18.8. The Labute approximate surface area is 172 Å². The lowest BCUT2D eigenvalue weighted by Gasteiger charge is -2.22. The minimum atomic E-state index is -0.286. The molecule has 1 aliphatic heterocycles. The Morgan fingerprint density at radius 2 is 2.11 bits per heavy atom. The van der Waals surface area contributed by atoms with E-state index in [0.717, 1.165) is 18.4 Å². The monoisotopic (exact) mass is 417 g/mol. The van der Waals surface area contributed by atoms with E-state index in [1.807, 2.05) is 24.3 Å². The molecule has 1 aromatic heterocycles. The average molecular weight is 418 g/mol. The molecule has 0 aliphatic carbocycles. The molecule has 1 aliphatic rings. The van der Waals surface area contributed by atoms with E-state index in [1.54, 1.807) is 30.2 Å². The molecule has 1 atom stereocenters. The van der Waals surface area contributed by atoms with Crippen LogP contribution in [-0.4, -0.2) is 34.6 Å². The van der Waals surface area contributed by atoms with Crippen molar-refractivity contribution in [3.8, 4) is 17.1 Å². The number of halogens is 2. The van der Waals surface area contributed by atoms with E-state index in [0.29, 0.717) is 39.6 Å². The summed E-state index contributed by atoms with van der Waals surface area (Å²) in [5, 5.41) is 4.89. The molecule has 1 saturated heterocycles. The summed E-state index contributed by atoms with van der Waals surface area (Å²) in [4.78, 5) is 19.3. The number of rotatable bonds is 4. The largest absolute Gasteiger partial charge is 0.497 e. The summed E-state index contributed by atoms with van der Waals surface area (Å²) in [6.45, 7) is 0.597. The number of hydrogen-bond acceptors (Lipinski definition) is 5. The Bertz CT molecular complexity index is 1020. The van der Waals surface area contributed by atoms with E-state index in [1.165, 1.54) is 0 Å². The topological polar surface area (TPSA) is 68.5 Å². The molecular formula is C20H17Cl2N3O3. The first-order valence-corrected chi connectivity index (χ1v) is 9.56. The van der Waals surface area contributed by atoms with Gasteiger partial charge in [-0.1, -0.05) is 40.5 Å². The van der Waals surface area contributed by atoms with Crippen molar-refractivity contribution in [2.24, 2.45) is 0 Å². The van der Waals surface area contributed by atoms with E-state index < -0.39 is 0 Å². The van der Waals surface area contributed by atoms with Crippen molar-refractivity contribution in [1.82, 2.24) is 15.0 Å². The van der Waals surface area contributed by atoms with Crippen LogP contribution in [0.5, 0.6) is 5.75 Å². The molecule has 144 valence electrons. The van der Waals surface area contributed by atoms with E-state index >= 15 is 0 Å². The molecule has 0 spiro atoms. The zero-order valence-electron chi connectivity index (χ0n) is 15.1. The number of aromatic nitrogens is 2. The fourth-order valence-corrected chi connectivity index (χ4v) is 3.82. The molecule has 8 heteroatoms. The van der Waals surface area contributed by atoms with Crippen molar-refractivity contribution < 1.29 is 14.1 Å². The lowest BCUT2D eigenvalue weighted by molar-refractivity contribution is 0.0710. The summed E-state index contributed by atoms with van der Waals surface area (Å²) < 4.78 is 10.7. The van der Waals surface area contributed by atoms with Gasteiger partial charge < -0.3 is 14.2 Å². The summed E-state index contributed by atoms with van der Waals surface area (Å²) in [6, 6.07) is 12.0. The van der Waals surface area contributed by atoms with Crippen LogP contribution in [0.1, 0.15) is 35.1 Å². The predicted molar refractivity (Wildman–Crippen MR) is 106 cm³/mol. The van der Waals surface area contributed by atoms with Crippen LogP contribution in [0.25, 0.3) is 11.4 Å². The highest BCUT2D eigenvalue weighted by Crippen LogP contribution is 2.35. The minimum absolute atomic E-state index is 0.176. The van der Waals surface area contributed by atoms with Crippen LogP contribution >= 0.6 is 23.2 Å². The quantitative estimate of drug-likeness (QED) is 0.595. The van der Waals surface area contributed by atoms with Gasteiger partial charge in [0.05, 0.1) is 17.7 Å². The number of nitrogens with zero attached hydrogens (tertiary/aromatic N) is 3. The molecule has 3 aromatic rings. The van der Waals surface area contributed by atoms with Crippen LogP contribution in [0.4, 0.5) is 0 Å². The first-order chi connectivity index (χ1) is 13.6. The smallest absolute Gasteiger partial charge is 0.256 e. The van der Waals surface area contributed by atoms with Crippen LogP contribution in [0.15, 0.2) is 47.0 Å². The maximum atomic E-state index is 13.0. The minimum Gasteiger partial charge on any atom is -0.497 e. The maximum absolute atomic E-state index is 13.0. The maximum Gasteiger partial charge on any atom is 0.256 e. The van der Waals surface area contributed by atoms with Crippen molar-refractivity contribution in [2.45, 2.75) is 18.9 Å². The normalized spacial score (nSPS) is 16.4. The van der Waals surface area contributed by atoms with Gasteiger partial charge >= 0.3 is 0 Å². The molecule has 0 N–H and O–H groups in total. The van der Waals surface area contributed by atoms with Gasteiger partial charge in [-0.25, -0.2) is 0 Å². The number of benzene rings is 2. The van der Waals surface area contributed by atoms with Gasteiger partial charge in [-0.05, 0) is 43.2 Å². The third kappa shape index (κ3) is 3.57. The zero-order valence-corrected chi connectivity index (χ0v) is 16.6. The number of ether oxygens (including phenoxy) is 1. The molecule has 1 amide bonds. The molecule has 0 bridgehead atoms. The van der Waals surface area contributed by atoms with Crippen LogP contribution in [0.2, 0.25) is 10.0 Å². The predicted octanol–water partition coefficient (Wildman–Crippen LogP) is 5.03. The molecule has 4 rings (SSSR count). The second kappa shape index (κ2) is 7.81. The number of methoxy groups -OCH3 is 1. The fraction of sp³-hybridized carbons (Fsp3) is 0.250. The third-order valence-corrected chi connectivity index (χ3v) is 5.28. The van der Waals surface area contributed by atoms with E-state index in [4.69, 9.17) is 32.5 Å². The van der Waals surface area contributed by atoms with Crippen molar-refractivity contribution in [3.63, 3.8) is 0 Å². The summed E-state index contributed by atoms with van der Waals surface area (Å²) in [7, 11) is 1.60. The number of carbonyl (C=O) groups is 1. The Hall–Kier alpha value is -2.57. The highest BCUT2D eigenvalue weighted by molar-refractivity contribution is 6.36. The number of carbonyl (C=O) groups excluding carboxylic acids is 1. The van der Waals surface area contributed by atoms with E-state index in [9.17, 15) is 4.79 Å². The fourth-order valence-electron chi connectivity index (χ4n) is 3.33. The summed E-state index contributed by atoms with van der Waals surface area (Å²) >= 11 is 12.2. The van der Waals surface area contributed by atoms with Crippen molar-refractivity contribution >= 4 is 29.1 Å². The van der Waals surface area contributed by atoms with Gasteiger partial charge in [0.1, 0.15) is 11.8 Å². The average Bonchev–Trinajstić information content (AvgIpc) is 3.37. The van der Waals surface area contributed by atoms with Gasteiger partial charge in [-0.15, -0.1) is 0 Å². The molecule has 1 fully saturated rings. The van der Waals surface area contributed by atoms with Crippen LogP contribution in [0, 0.1) is 0 Å². The highest BCUT2D eigenvalue weighted by atomic mass is 35.5. The van der Waals surface area contributed by atoms with Crippen molar-refractivity contribution in [1.29, 1.82) is 0 Å². The summed E-state index contributed by atoms with van der Waals surface area (Å²) in [5.74, 6) is 1.40. The third-order valence-electron chi connectivity index (χ3n) is 4.73. The molecule has 2 aromatic carbocycles. The van der Waals surface area contributed by atoms with Gasteiger partial charge in [-0.2, -0.15) is 4.98 Å². The second-order valence-corrected chi connectivity index (χ2v) is 7.31. The van der Waals surface area contributed by atoms with Gasteiger partial charge in [-0.3, -0.25) is 4.79 Å². The lowest BCUT2D eigenvalue weighted by atomic mass is 10.1. The Kier molecular flexibility index (Phi) is 5.24. The number of amides is 1. The Morgan fingerprint density at radius 1 is 1.25 bits per heavy atom. The Balaban J connectivity index is 1.60. The standard InChI is InChI=1S/C20H17Cl2N3O3/c1-27-14-5-2-4-12(10-14)18-23-19(28-24-18)17-6-3-9-25(17)20(26)15-8-7-13(21)11-16(15)22/h2,4-5,7-8,10-11,17H,3,6,9H2,1H3. The van der Waals surface area contributed by atoms with Crippen LogP contribution in [-0.2, 0) is 0 Å².